The quantitative estimate of drug-likeness (QED) is 0.331. The molecular weight excluding hydrogens is 532 g/mol. The van der Waals surface area contributed by atoms with Crippen LogP contribution in [0, 0.1) is 0 Å². The van der Waals surface area contributed by atoms with Crippen molar-refractivity contribution >= 4 is 28.2 Å². The van der Waals surface area contributed by atoms with E-state index >= 15 is 0 Å². The summed E-state index contributed by atoms with van der Waals surface area (Å²) in [6.45, 7) is 3.94. The minimum atomic E-state index is -0.867. The molecule has 6 aliphatic heterocycles. The largest absolute Gasteiger partial charge is 0.458 e. The van der Waals surface area contributed by atoms with E-state index in [1.807, 2.05) is 18.2 Å². The zero-order valence-electron chi connectivity index (χ0n) is 20.0. The molecule has 0 saturated carbocycles. The molecule has 6 heterocycles. The van der Waals surface area contributed by atoms with Crippen LogP contribution < -0.4 is 0 Å². The van der Waals surface area contributed by atoms with Crippen molar-refractivity contribution in [2.24, 2.45) is 0 Å². The number of carbonyl (C=O) groups is 2. The van der Waals surface area contributed by atoms with Gasteiger partial charge in [-0.05, 0) is 35.9 Å². The van der Waals surface area contributed by atoms with Crippen LogP contribution in [0.3, 0.4) is 0 Å². The van der Waals surface area contributed by atoms with Crippen molar-refractivity contribution in [3.63, 3.8) is 0 Å². The van der Waals surface area contributed by atoms with Gasteiger partial charge in [-0.15, -0.1) is 0 Å². The van der Waals surface area contributed by atoms with Gasteiger partial charge in [0, 0.05) is 25.7 Å². The highest BCUT2D eigenvalue weighted by Crippen LogP contribution is 2.54. The Morgan fingerprint density at radius 3 is 2.58 bits per heavy atom. The lowest BCUT2D eigenvalue weighted by Crippen LogP contribution is -2.61. The van der Waals surface area contributed by atoms with Crippen molar-refractivity contribution in [3.8, 4) is 0 Å². The maximum atomic E-state index is 12.7. The van der Waals surface area contributed by atoms with Gasteiger partial charge < -0.3 is 33.2 Å². The third kappa shape index (κ3) is 4.59. The third-order valence-electron chi connectivity index (χ3n) is 7.97. The number of benzene rings is 1. The number of halogens is 1. The molecule has 0 amide bonds. The second-order valence-electron chi connectivity index (χ2n) is 10.4. The van der Waals surface area contributed by atoms with E-state index in [9.17, 15) is 9.59 Å². The average molecular weight is 563 g/mol. The van der Waals surface area contributed by atoms with Gasteiger partial charge in [0.25, 0.3) is 0 Å². The Balaban J connectivity index is 1.18. The molecule has 6 saturated heterocycles. The smallest absolute Gasteiger partial charge is 0.338 e. The van der Waals surface area contributed by atoms with Gasteiger partial charge in [0.1, 0.15) is 42.9 Å². The molecule has 0 N–H and O–H groups in total. The van der Waals surface area contributed by atoms with E-state index in [-0.39, 0.29) is 54.8 Å². The van der Waals surface area contributed by atoms with E-state index in [1.165, 1.54) is 0 Å². The second kappa shape index (κ2) is 9.93. The maximum Gasteiger partial charge on any atom is 0.338 e. The van der Waals surface area contributed by atoms with Crippen molar-refractivity contribution < 1.29 is 38.0 Å². The number of ether oxygens (including phenoxy) is 6. The lowest BCUT2D eigenvalue weighted by Gasteiger charge is -2.47. The van der Waals surface area contributed by atoms with Crippen molar-refractivity contribution in [3.05, 3.63) is 47.0 Å². The Labute approximate surface area is 218 Å². The number of aldehydes is 1. The van der Waals surface area contributed by atoms with E-state index < -0.39 is 11.9 Å². The summed E-state index contributed by atoms with van der Waals surface area (Å²) in [7, 11) is 0. The molecule has 0 radical (unpaired) electrons. The first kappa shape index (κ1) is 24.7. The molecule has 1 aromatic carbocycles. The highest BCUT2D eigenvalue weighted by molar-refractivity contribution is 9.11. The predicted octanol–water partition coefficient (Wildman–Crippen LogP) is 3.85. The third-order valence-corrected chi connectivity index (χ3v) is 8.29. The fourth-order valence-corrected chi connectivity index (χ4v) is 6.74. The van der Waals surface area contributed by atoms with E-state index in [2.05, 4.69) is 22.5 Å². The summed E-state index contributed by atoms with van der Waals surface area (Å²) in [5, 5.41) is 0. The van der Waals surface area contributed by atoms with Crippen LogP contribution in [0.2, 0.25) is 0 Å². The molecule has 0 aliphatic carbocycles. The summed E-state index contributed by atoms with van der Waals surface area (Å²) in [4.78, 5) is 23.8. The normalized spacial score (nSPS) is 40.8. The standard InChI is InChI=1S/C27H31BrO8/c1-15(28)13-18(32-26(30)16-5-3-2-4-6-16)9-11-27-14-20-22(35-27)23-24(34-20)25(36-27)21-19(33-23)8-7-17(31-21)10-12-29/h2-6,12,17-25H,1,7-11,13-14H2/t17-,18+,19+,20-,21+,22+,23+,24-,25-,27+/m1/s1. The minimum absolute atomic E-state index is 0.0993. The van der Waals surface area contributed by atoms with Crippen LogP contribution >= 0.6 is 15.9 Å². The second-order valence-corrected chi connectivity index (χ2v) is 11.5. The first-order chi connectivity index (χ1) is 17.4. The monoisotopic (exact) mass is 562 g/mol. The lowest BCUT2D eigenvalue weighted by molar-refractivity contribution is -0.292. The zero-order valence-corrected chi connectivity index (χ0v) is 21.5. The molecule has 10 atom stereocenters. The van der Waals surface area contributed by atoms with Crippen LogP contribution in [0.25, 0.3) is 0 Å². The van der Waals surface area contributed by atoms with E-state index in [0.717, 1.165) is 23.6 Å². The summed E-state index contributed by atoms with van der Waals surface area (Å²) in [6, 6.07) is 8.96. The molecule has 9 heteroatoms. The fourth-order valence-electron chi connectivity index (χ4n) is 6.38. The van der Waals surface area contributed by atoms with Crippen LogP contribution in [-0.4, -0.2) is 73.0 Å². The molecule has 8 nitrogen and oxygen atoms in total. The fraction of sp³-hybridized carbons (Fsp3) is 0.630. The first-order valence-corrected chi connectivity index (χ1v) is 13.6. The summed E-state index contributed by atoms with van der Waals surface area (Å²) in [5.41, 5.74) is 0.509. The number of fused-ring (bicyclic) bond motifs is 1. The molecule has 0 spiro atoms. The van der Waals surface area contributed by atoms with Crippen LogP contribution in [-0.2, 0) is 33.2 Å². The van der Waals surface area contributed by atoms with Crippen molar-refractivity contribution in [1.82, 2.24) is 0 Å². The van der Waals surface area contributed by atoms with Crippen LogP contribution in [0.15, 0.2) is 41.4 Å². The molecule has 194 valence electrons. The van der Waals surface area contributed by atoms with Gasteiger partial charge in [-0.3, -0.25) is 0 Å². The molecule has 0 unspecified atom stereocenters. The summed E-state index contributed by atoms with van der Waals surface area (Å²) < 4.78 is 39.0. The molecule has 6 fully saturated rings. The molecule has 7 rings (SSSR count). The van der Waals surface area contributed by atoms with E-state index in [1.54, 1.807) is 12.1 Å². The number of hydrogen-bond acceptors (Lipinski definition) is 8. The highest BCUT2D eigenvalue weighted by Gasteiger charge is 2.68. The van der Waals surface area contributed by atoms with Gasteiger partial charge >= 0.3 is 5.97 Å². The van der Waals surface area contributed by atoms with Crippen LogP contribution in [0.1, 0.15) is 55.3 Å². The first-order valence-electron chi connectivity index (χ1n) is 12.8. The highest BCUT2D eigenvalue weighted by atomic mass is 79.9. The zero-order chi connectivity index (χ0) is 24.9. The Hall–Kier alpha value is -1.62. The number of esters is 1. The van der Waals surface area contributed by atoms with E-state index in [0.29, 0.717) is 37.7 Å². The average Bonchev–Trinajstić information content (AvgIpc) is 3.28. The molecule has 1 aromatic rings. The van der Waals surface area contributed by atoms with Gasteiger partial charge in [0.2, 0.25) is 0 Å². The number of rotatable bonds is 9. The lowest BCUT2D eigenvalue weighted by atomic mass is 9.87. The Kier molecular flexibility index (Phi) is 6.81. The Morgan fingerprint density at radius 1 is 1.06 bits per heavy atom. The van der Waals surface area contributed by atoms with Crippen molar-refractivity contribution in [1.29, 1.82) is 0 Å². The molecule has 6 aliphatic rings. The number of carbonyl (C=O) groups excluding carboxylic acids is 2. The summed E-state index contributed by atoms with van der Waals surface area (Å²) in [6.07, 6.45) is 3.01. The van der Waals surface area contributed by atoms with Gasteiger partial charge in [0.05, 0.1) is 23.9 Å². The number of hydrogen-bond donors (Lipinski definition) is 0. The van der Waals surface area contributed by atoms with Gasteiger partial charge in [-0.2, -0.15) is 0 Å². The van der Waals surface area contributed by atoms with Gasteiger partial charge in [-0.25, -0.2) is 4.79 Å². The molecular formula is C27H31BrO8. The van der Waals surface area contributed by atoms with E-state index in [4.69, 9.17) is 28.4 Å². The van der Waals surface area contributed by atoms with Gasteiger partial charge in [-0.1, -0.05) is 40.7 Å². The van der Waals surface area contributed by atoms with Gasteiger partial charge in [0.15, 0.2) is 5.79 Å². The maximum absolute atomic E-state index is 12.7. The minimum Gasteiger partial charge on any atom is -0.458 e. The van der Waals surface area contributed by atoms with Crippen molar-refractivity contribution in [2.45, 2.75) is 106 Å². The Morgan fingerprint density at radius 2 is 1.81 bits per heavy atom. The molecule has 0 aromatic heterocycles. The SMILES string of the molecule is C=C(Br)C[C@H](CC[C@@]12C[C@H]3O[C@@H]4[C@@H](O[C@H]5CC[C@H](CC=O)O[C@@H]5[C@H]4O1)[C@H]3O2)OC(=O)c1ccccc1. The molecule has 36 heavy (non-hydrogen) atoms. The van der Waals surface area contributed by atoms with Crippen LogP contribution in [0.5, 0.6) is 0 Å². The molecule has 6 bridgehead atoms. The Bertz CT molecular complexity index is 1000. The topological polar surface area (TPSA) is 89.5 Å². The van der Waals surface area contributed by atoms with Crippen LogP contribution in [0.4, 0.5) is 0 Å². The summed E-state index contributed by atoms with van der Waals surface area (Å²) >= 11 is 3.42. The summed E-state index contributed by atoms with van der Waals surface area (Å²) in [5.74, 6) is -1.23. The predicted molar refractivity (Wildman–Crippen MR) is 131 cm³/mol. The van der Waals surface area contributed by atoms with Crippen molar-refractivity contribution in [2.75, 3.05) is 0 Å².